The van der Waals surface area contributed by atoms with Gasteiger partial charge in [-0.05, 0) is 23.7 Å². The Balaban J connectivity index is 0.00000112. The Kier molecular flexibility index (Phi) is 4.66. The molecule has 0 aliphatic heterocycles. The summed E-state index contributed by atoms with van der Waals surface area (Å²) >= 11 is 4.73. The zero-order chi connectivity index (χ0) is 9.97. The van der Waals surface area contributed by atoms with Gasteiger partial charge in [0.2, 0.25) is 0 Å². The van der Waals surface area contributed by atoms with Crippen LogP contribution in [0.3, 0.4) is 0 Å². The molecule has 0 aliphatic carbocycles. The van der Waals surface area contributed by atoms with Crippen LogP contribution in [0.2, 0.25) is 0 Å². The highest BCUT2D eigenvalue weighted by atomic mass is 79.9. The van der Waals surface area contributed by atoms with E-state index in [1.165, 1.54) is 11.5 Å². The molecule has 0 bridgehead atoms. The van der Waals surface area contributed by atoms with E-state index >= 15 is 0 Å². The lowest BCUT2D eigenvalue weighted by molar-refractivity contribution is 1.04. The maximum atomic E-state index is 5.47. The van der Waals surface area contributed by atoms with Crippen LogP contribution in [-0.4, -0.2) is 9.36 Å². The lowest BCUT2D eigenvalue weighted by atomic mass is 10.2. The van der Waals surface area contributed by atoms with Crippen LogP contribution in [0.15, 0.2) is 28.7 Å². The van der Waals surface area contributed by atoms with E-state index in [2.05, 4.69) is 25.3 Å². The maximum absolute atomic E-state index is 5.47. The third-order valence-corrected chi connectivity index (χ3v) is 3.01. The first kappa shape index (κ1) is 12.6. The first-order valence-electron chi connectivity index (χ1n) is 4.08. The Bertz CT molecular complexity index is 429. The molecule has 0 radical (unpaired) electrons. The normalized spacial score (nSPS) is 9.73. The molecule has 15 heavy (non-hydrogen) atoms. The number of hydrogen-bond donors (Lipinski definition) is 1. The van der Waals surface area contributed by atoms with Crippen LogP contribution in [0.1, 0.15) is 5.01 Å². The van der Waals surface area contributed by atoms with Gasteiger partial charge in [0.25, 0.3) is 0 Å². The quantitative estimate of drug-likeness (QED) is 0.928. The lowest BCUT2D eigenvalue weighted by Gasteiger charge is -1.94. The molecular formula is C9H9BrClN3S. The molecular weight excluding hydrogens is 298 g/mol. The highest BCUT2D eigenvalue weighted by molar-refractivity contribution is 9.10. The van der Waals surface area contributed by atoms with Gasteiger partial charge in [0.1, 0.15) is 5.01 Å². The Morgan fingerprint density at radius 3 is 2.47 bits per heavy atom. The smallest absolute Gasteiger partial charge is 0.173 e. The van der Waals surface area contributed by atoms with Crippen LogP contribution in [0.5, 0.6) is 0 Å². The number of nitrogens with two attached hydrogens (primary N) is 1. The SMILES string of the molecule is Cl.NCc1nc(-c2ccc(Br)cc2)ns1. The van der Waals surface area contributed by atoms with Gasteiger partial charge >= 0.3 is 0 Å². The number of halogens is 2. The highest BCUT2D eigenvalue weighted by Gasteiger charge is 2.04. The Morgan fingerprint density at radius 2 is 1.93 bits per heavy atom. The summed E-state index contributed by atoms with van der Waals surface area (Å²) in [5.74, 6) is 0.753. The molecule has 0 saturated carbocycles. The van der Waals surface area contributed by atoms with Crippen LogP contribution >= 0.6 is 39.9 Å². The van der Waals surface area contributed by atoms with Gasteiger partial charge in [-0.3, -0.25) is 0 Å². The first-order chi connectivity index (χ1) is 6.79. The summed E-state index contributed by atoms with van der Waals surface area (Å²) in [6, 6.07) is 7.90. The molecule has 0 saturated heterocycles. The molecule has 0 unspecified atom stereocenters. The van der Waals surface area contributed by atoms with Crippen molar-refractivity contribution in [3.8, 4) is 11.4 Å². The third kappa shape index (κ3) is 2.98. The second kappa shape index (κ2) is 5.55. The fourth-order valence-corrected chi connectivity index (χ4v) is 1.86. The van der Waals surface area contributed by atoms with Gasteiger partial charge in [0.15, 0.2) is 5.82 Å². The number of aromatic nitrogens is 2. The average molecular weight is 307 g/mol. The van der Waals surface area contributed by atoms with Gasteiger partial charge in [-0.2, -0.15) is 4.37 Å². The van der Waals surface area contributed by atoms with Gasteiger partial charge in [0.05, 0.1) is 0 Å². The van der Waals surface area contributed by atoms with Gasteiger partial charge in [0, 0.05) is 16.6 Å². The van der Waals surface area contributed by atoms with Crippen molar-refractivity contribution in [2.24, 2.45) is 5.73 Å². The predicted molar refractivity (Wildman–Crippen MR) is 68.2 cm³/mol. The minimum atomic E-state index is 0. The zero-order valence-electron chi connectivity index (χ0n) is 7.68. The summed E-state index contributed by atoms with van der Waals surface area (Å²) in [4.78, 5) is 4.30. The van der Waals surface area contributed by atoms with Crippen molar-refractivity contribution in [1.29, 1.82) is 0 Å². The van der Waals surface area contributed by atoms with E-state index in [1.807, 2.05) is 24.3 Å². The Hall–Kier alpha value is -0.490. The van der Waals surface area contributed by atoms with Crippen molar-refractivity contribution >= 4 is 39.9 Å². The predicted octanol–water partition coefficient (Wildman–Crippen LogP) is 2.85. The van der Waals surface area contributed by atoms with Gasteiger partial charge < -0.3 is 5.73 Å². The summed E-state index contributed by atoms with van der Waals surface area (Å²) in [5.41, 5.74) is 6.48. The van der Waals surface area contributed by atoms with Gasteiger partial charge in [-0.15, -0.1) is 12.4 Å². The van der Waals surface area contributed by atoms with E-state index in [9.17, 15) is 0 Å². The number of hydrogen-bond acceptors (Lipinski definition) is 4. The van der Waals surface area contributed by atoms with Crippen LogP contribution < -0.4 is 5.73 Å². The van der Waals surface area contributed by atoms with Crippen molar-refractivity contribution in [2.75, 3.05) is 0 Å². The standard InChI is InChI=1S/C9H8BrN3S.ClH/c10-7-3-1-6(2-4-7)9-12-8(5-11)14-13-9;/h1-4H,5,11H2;1H. The first-order valence-corrected chi connectivity index (χ1v) is 5.65. The third-order valence-electron chi connectivity index (χ3n) is 1.75. The molecule has 0 atom stereocenters. The van der Waals surface area contributed by atoms with Crippen LogP contribution in [0, 0.1) is 0 Å². The molecule has 0 fully saturated rings. The molecule has 0 aliphatic rings. The molecule has 2 N–H and O–H groups in total. The van der Waals surface area contributed by atoms with Crippen LogP contribution in [0.25, 0.3) is 11.4 Å². The minimum Gasteiger partial charge on any atom is -0.324 e. The summed E-state index contributed by atoms with van der Waals surface area (Å²) in [5, 5.41) is 0.864. The monoisotopic (exact) mass is 305 g/mol. The van der Waals surface area contributed by atoms with Crippen molar-refractivity contribution in [1.82, 2.24) is 9.36 Å². The van der Waals surface area contributed by atoms with E-state index in [0.717, 1.165) is 20.9 Å². The topological polar surface area (TPSA) is 51.8 Å². The molecule has 1 heterocycles. The van der Waals surface area contributed by atoms with E-state index in [1.54, 1.807) is 0 Å². The van der Waals surface area contributed by atoms with Crippen LogP contribution in [-0.2, 0) is 6.54 Å². The molecule has 2 aromatic rings. The fraction of sp³-hybridized carbons (Fsp3) is 0.111. The zero-order valence-corrected chi connectivity index (χ0v) is 10.9. The molecule has 2 rings (SSSR count). The number of nitrogens with zero attached hydrogens (tertiary/aromatic N) is 2. The molecule has 6 heteroatoms. The summed E-state index contributed by atoms with van der Waals surface area (Å²) in [7, 11) is 0. The van der Waals surface area contributed by atoms with E-state index in [-0.39, 0.29) is 12.4 Å². The second-order valence-corrected chi connectivity index (χ2v) is 4.47. The molecule has 0 spiro atoms. The number of rotatable bonds is 2. The Labute approximate surface area is 106 Å². The van der Waals surface area contributed by atoms with E-state index in [0.29, 0.717) is 6.54 Å². The van der Waals surface area contributed by atoms with Crippen molar-refractivity contribution in [2.45, 2.75) is 6.54 Å². The van der Waals surface area contributed by atoms with Crippen molar-refractivity contribution in [3.63, 3.8) is 0 Å². The van der Waals surface area contributed by atoms with Crippen molar-refractivity contribution < 1.29 is 0 Å². The number of benzene rings is 1. The van der Waals surface area contributed by atoms with E-state index < -0.39 is 0 Å². The summed E-state index contributed by atoms with van der Waals surface area (Å²) < 4.78 is 5.27. The summed E-state index contributed by atoms with van der Waals surface area (Å²) in [6.07, 6.45) is 0. The molecule has 80 valence electrons. The van der Waals surface area contributed by atoms with Gasteiger partial charge in [-0.1, -0.05) is 28.1 Å². The van der Waals surface area contributed by atoms with Crippen molar-refractivity contribution in [3.05, 3.63) is 33.7 Å². The maximum Gasteiger partial charge on any atom is 0.173 e. The largest absolute Gasteiger partial charge is 0.324 e. The lowest BCUT2D eigenvalue weighted by Crippen LogP contribution is -1.94. The minimum absolute atomic E-state index is 0. The van der Waals surface area contributed by atoms with Crippen LogP contribution in [0.4, 0.5) is 0 Å². The fourth-order valence-electron chi connectivity index (χ4n) is 1.05. The van der Waals surface area contributed by atoms with E-state index in [4.69, 9.17) is 5.73 Å². The summed E-state index contributed by atoms with van der Waals surface area (Å²) in [6.45, 7) is 0.453. The highest BCUT2D eigenvalue weighted by Crippen LogP contribution is 2.20. The molecule has 3 nitrogen and oxygen atoms in total. The molecule has 1 aromatic heterocycles. The average Bonchev–Trinajstić information content (AvgIpc) is 2.67. The second-order valence-electron chi connectivity index (χ2n) is 2.72. The molecule has 1 aromatic carbocycles. The van der Waals surface area contributed by atoms with Gasteiger partial charge in [-0.25, -0.2) is 4.98 Å². The molecule has 0 amide bonds. The Morgan fingerprint density at radius 1 is 1.27 bits per heavy atom.